The van der Waals surface area contributed by atoms with Gasteiger partial charge in [0.25, 0.3) is 0 Å². The van der Waals surface area contributed by atoms with E-state index in [1.54, 1.807) is 0 Å². The number of carbonyl (C=O) groups excluding carboxylic acids is 2. The molecule has 6 nitrogen and oxygen atoms in total. The fraction of sp³-hybridized carbons (Fsp3) is 0.619. The van der Waals surface area contributed by atoms with Crippen LogP contribution in [0.2, 0.25) is 0 Å². The number of nitrogens with zero attached hydrogens (tertiary/aromatic N) is 2. The second-order valence-corrected chi connectivity index (χ2v) is 7.61. The number of benzene rings is 1. The van der Waals surface area contributed by atoms with Gasteiger partial charge in [-0.25, -0.2) is 0 Å². The highest BCUT2D eigenvalue weighted by atomic mass is 16.5. The Hall–Kier alpha value is -2.08. The lowest BCUT2D eigenvalue weighted by Crippen LogP contribution is -2.59. The average molecular weight is 373 g/mol. The topological polar surface area (TPSA) is 61.9 Å². The molecule has 2 heterocycles. The number of piperidine rings is 1. The van der Waals surface area contributed by atoms with Gasteiger partial charge >= 0.3 is 0 Å². The second kappa shape index (κ2) is 9.22. The van der Waals surface area contributed by atoms with Crippen LogP contribution in [0.4, 0.5) is 0 Å². The zero-order valence-electron chi connectivity index (χ0n) is 16.4. The molecule has 2 aliphatic heterocycles. The molecule has 0 aliphatic carbocycles. The van der Waals surface area contributed by atoms with Crippen LogP contribution >= 0.6 is 0 Å². The summed E-state index contributed by atoms with van der Waals surface area (Å²) in [5, 5.41) is 3.41. The maximum absolute atomic E-state index is 13.0. The van der Waals surface area contributed by atoms with Gasteiger partial charge in [-0.1, -0.05) is 18.2 Å². The van der Waals surface area contributed by atoms with Crippen LogP contribution in [0, 0.1) is 5.92 Å². The Morgan fingerprint density at radius 2 is 1.96 bits per heavy atom. The van der Waals surface area contributed by atoms with Gasteiger partial charge in [0.15, 0.2) is 0 Å². The molecule has 0 saturated carbocycles. The van der Waals surface area contributed by atoms with Gasteiger partial charge in [0.2, 0.25) is 11.8 Å². The van der Waals surface area contributed by atoms with Gasteiger partial charge in [-0.2, -0.15) is 0 Å². The summed E-state index contributed by atoms with van der Waals surface area (Å²) in [5.41, 5.74) is 0. The largest absolute Gasteiger partial charge is 0.493 e. The number of rotatable bonds is 5. The van der Waals surface area contributed by atoms with Gasteiger partial charge in [-0.3, -0.25) is 9.59 Å². The molecule has 6 heteroatoms. The van der Waals surface area contributed by atoms with Gasteiger partial charge in [0.1, 0.15) is 5.75 Å². The molecule has 0 radical (unpaired) electrons. The molecule has 3 atom stereocenters. The van der Waals surface area contributed by atoms with E-state index in [1.807, 2.05) is 40.1 Å². The minimum absolute atomic E-state index is 0.0742. The monoisotopic (exact) mass is 373 g/mol. The number of para-hydroxylation sites is 1. The second-order valence-electron chi connectivity index (χ2n) is 7.61. The van der Waals surface area contributed by atoms with Crippen molar-refractivity contribution in [1.29, 1.82) is 0 Å². The van der Waals surface area contributed by atoms with Gasteiger partial charge in [-0.15, -0.1) is 0 Å². The molecule has 0 aromatic heterocycles. The smallest absolute Gasteiger partial charge is 0.227 e. The van der Waals surface area contributed by atoms with E-state index in [0.29, 0.717) is 25.6 Å². The van der Waals surface area contributed by atoms with Crippen molar-refractivity contribution >= 4 is 11.8 Å². The van der Waals surface area contributed by atoms with Crippen LogP contribution in [0.3, 0.4) is 0 Å². The normalized spacial score (nSPS) is 25.9. The van der Waals surface area contributed by atoms with Gasteiger partial charge in [-0.05, 0) is 38.8 Å². The molecule has 2 fully saturated rings. The molecule has 1 aromatic carbocycles. The van der Waals surface area contributed by atoms with E-state index < -0.39 is 0 Å². The fourth-order valence-electron chi connectivity index (χ4n) is 3.94. The summed E-state index contributed by atoms with van der Waals surface area (Å²) >= 11 is 0. The first kappa shape index (κ1) is 19.7. The van der Waals surface area contributed by atoms with Gasteiger partial charge in [0.05, 0.1) is 18.9 Å². The lowest BCUT2D eigenvalue weighted by Gasteiger charge is -2.42. The molecule has 3 unspecified atom stereocenters. The van der Waals surface area contributed by atoms with E-state index in [-0.39, 0.29) is 23.8 Å². The van der Waals surface area contributed by atoms with E-state index in [0.717, 1.165) is 38.2 Å². The molecule has 1 aromatic rings. The van der Waals surface area contributed by atoms with E-state index in [2.05, 4.69) is 19.2 Å². The van der Waals surface area contributed by atoms with Crippen LogP contribution in [-0.4, -0.2) is 66.5 Å². The summed E-state index contributed by atoms with van der Waals surface area (Å²) in [6.07, 6.45) is 2.10. The standard InChI is InChI=1S/C21H31N3O3/c1-16-17(2)24(13-11-22-16)21(26)18-7-6-12-23(15-18)20(25)10-14-27-19-8-4-3-5-9-19/h3-5,8-9,16-18,22H,6-7,10-15H2,1-2H3. The van der Waals surface area contributed by atoms with Crippen molar-refractivity contribution in [2.45, 2.75) is 45.2 Å². The number of hydrogen-bond acceptors (Lipinski definition) is 4. The van der Waals surface area contributed by atoms with Crippen molar-refractivity contribution in [3.63, 3.8) is 0 Å². The van der Waals surface area contributed by atoms with E-state index >= 15 is 0 Å². The van der Waals surface area contributed by atoms with Crippen LogP contribution in [0.5, 0.6) is 5.75 Å². The number of amides is 2. The Kier molecular flexibility index (Phi) is 6.72. The quantitative estimate of drug-likeness (QED) is 0.856. The summed E-state index contributed by atoms with van der Waals surface area (Å²) in [5.74, 6) is 0.975. The van der Waals surface area contributed by atoms with Crippen LogP contribution in [0.25, 0.3) is 0 Å². The molecule has 1 N–H and O–H groups in total. The van der Waals surface area contributed by atoms with E-state index in [4.69, 9.17) is 4.74 Å². The lowest BCUT2D eigenvalue weighted by atomic mass is 9.94. The third-order valence-electron chi connectivity index (χ3n) is 5.77. The summed E-state index contributed by atoms with van der Waals surface area (Å²) in [6.45, 7) is 7.44. The summed E-state index contributed by atoms with van der Waals surface area (Å²) in [6, 6.07) is 10.0. The van der Waals surface area contributed by atoms with Crippen molar-refractivity contribution in [2.75, 3.05) is 32.8 Å². The Morgan fingerprint density at radius 1 is 1.19 bits per heavy atom. The maximum atomic E-state index is 13.0. The van der Waals surface area contributed by atoms with Crippen molar-refractivity contribution < 1.29 is 14.3 Å². The van der Waals surface area contributed by atoms with Crippen LogP contribution < -0.4 is 10.1 Å². The van der Waals surface area contributed by atoms with Gasteiger partial charge in [0, 0.05) is 38.3 Å². The molecule has 2 amide bonds. The molecule has 0 bridgehead atoms. The summed E-state index contributed by atoms with van der Waals surface area (Å²) < 4.78 is 5.63. The Labute approximate surface area is 161 Å². The molecule has 3 rings (SSSR count). The SMILES string of the molecule is CC1NCCN(C(=O)C2CCCN(C(=O)CCOc3ccccc3)C2)C1C. The molecular weight excluding hydrogens is 342 g/mol. The van der Waals surface area contributed by atoms with Crippen LogP contribution in [0.15, 0.2) is 30.3 Å². The van der Waals surface area contributed by atoms with Crippen LogP contribution in [0.1, 0.15) is 33.1 Å². The minimum Gasteiger partial charge on any atom is -0.493 e. The molecular formula is C21H31N3O3. The first-order valence-electron chi connectivity index (χ1n) is 10.1. The first-order chi connectivity index (χ1) is 13.1. The zero-order chi connectivity index (χ0) is 19.2. The minimum atomic E-state index is -0.0782. The van der Waals surface area contributed by atoms with Crippen molar-refractivity contribution in [3.8, 4) is 5.75 Å². The highest BCUT2D eigenvalue weighted by molar-refractivity contribution is 5.82. The van der Waals surface area contributed by atoms with Crippen molar-refractivity contribution in [2.24, 2.45) is 5.92 Å². The lowest BCUT2D eigenvalue weighted by molar-refractivity contribution is -0.143. The number of nitrogens with one attached hydrogen (secondary N) is 1. The van der Waals surface area contributed by atoms with E-state index in [9.17, 15) is 9.59 Å². The molecule has 2 aliphatic rings. The summed E-state index contributed by atoms with van der Waals surface area (Å²) in [7, 11) is 0. The molecule has 0 spiro atoms. The molecule has 148 valence electrons. The number of hydrogen-bond donors (Lipinski definition) is 1. The highest BCUT2D eigenvalue weighted by Crippen LogP contribution is 2.22. The number of ether oxygens (including phenoxy) is 1. The van der Waals surface area contributed by atoms with Crippen LogP contribution in [-0.2, 0) is 9.59 Å². The molecule has 2 saturated heterocycles. The predicted molar refractivity (Wildman–Crippen MR) is 104 cm³/mol. The van der Waals surface area contributed by atoms with Gasteiger partial charge < -0.3 is 19.9 Å². The number of carbonyl (C=O) groups is 2. The first-order valence-corrected chi connectivity index (χ1v) is 10.1. The summed E-state index contributed by atoms with van der Waals surface area (Å²) in [4.78, 5) is 29.4. The van der Waals surface area contributed by atoms with E-state index in [1.165, 1.54) is 0 Å². The third-order valence-corrected chi connectivity index (χ3v) is 5.77. The predicted octanol–water partition coefficient (Wildman–Crippen LogP) is 1.90. The zero-order valence-corrected chi connectivity index (χ0v) is 16.4. The average Bonchev–Trinajstić information content (AvgIpc) is 2.70. The van der Waals surface area contributed by atoms with Crippen molar-refractivity contribution in [1.82, 2.24) is 15.1 Å². The Balaban J connectivity index is 1.49. The van der Waals surface area contributed by atoms with Crippen molar-refractivity contribution in [3.05, 3.63) is 30.3 Å². The maximum Gasteiger partial charge on any atom is 0.227 e. The highest BCUT2D eigenvalue weighted by Gasteiger charge is 2.35. The fourth-order valence-corrected chi connectivity index (χ4v) is 3.94. The number of piperazine rings is 1. The molecule has 27 heavy (non-hydrogen) atoms. The Bertz CT molecular complexity index is 637. The number of likely N-dealkylation sites (tertiary alicyclic amines) is 1. The Morgan fingerprint density at radius 3 is 2.74 bits per heavy atom. The third kappa shape index (κ3) is 5.01.